The number of carbonyl (C=O) groups excluding carboxylic acids is 6. The summed E-state index contributed by atoms with van der Waals surface area (Å²) in [5.41, 5.74) is 0.769. The van der Waals surface area contributed by atoms with Crippen molar-refractivity contribution in [1.29, 1.82) is 0 Å². The van der Waals surface area contributed by atoms with E-state index in [1.807, 2.05) is 0 Å². The van der Waals surface area contributed by atoms with Crippen molar-refractivity contribution in [2.45, 2.75) is 0 Å². The fraction of sp³-hybridized carbons (Fsp3) is 0.250. The lowest BCUT2D eigenvalue weighted by atomic mass is 10.1. The molecule has 0 spiro atoms. The van der Waals surface area contributed by atoms with E-state index in [4.69, 9.17) is 44.8 Å². The van der Waals surface area contributed by atoms with Crippen LogP contribution < -0.4 is 0 Å². The van der Waals surface area contributed by atoms with E-state index in [0.717, 1.165) is 0 Å². The van der Waals surface area contributed by atoms with Crippen molar-refractivity contribution >= 4 is 53.7 Å². The number of aliphatic hydroxyl groups is 3. The lowest BCUT2D eigenvalue weighted by molar-refractivity contribution is -0.148. The number of carbonyl (C=O) groups is 9. The Labute approximate surface area is 321 Å². The van der Waals surface area contributed by atoms with Crippen molar-refractivity contribution in [2.24, 2.45) is 0 Å². The molecular formula is C36H36O21. The second-order valence-corrected chi connectivity index (χ2v) is 10.2. The lowest BCUT2D eigenvalue weighted by Crippen LogP contribution is -2.15. The zero-order valence-electron chi connectivity index (χ0n) is 29.6. The average Bonchev–Trinajstić information content (AvgIpc) is 3.22. The maximum absolute atomic E-state index is 11.5. The number of carboxylic acid groups (broad SMARTS) is 3. The summed E-state index contributed by atoms with van der Waals surface area (Å²) in [5.74, 6) is -7.64. The molecular weight excluding hydrogens is 768 g/mol. The van der Waals surface area contributed by atoms with Crippen LogP contribution in [0.1, 0.15) is 62.1 Å². The number of carboxylic acids is 3. The summed E-state index contributed by atoms with van der Waals surface area (Å²) in [4.78, 5) is 97.9. The van der Waals surface area contributed by atoms with Gasteiger partial charge in [0.15, 0.2) is 0 Å². The van der Waals surface area contributed by atoms with E-state index in [2.05, 4.69) is 14.2 Å². The van der Waals surface area contributed by atoms with Gasteiger partial charge in [0.1, 0.15) is 59.5 Å². The quantitative estimate of drug-likeness (QED) is 0.0569. The Morgan fingerprint density at radius 1 is 0.316 bits per heavy atom. The molecule has 0 fully saturated rings. The SMILES string of the molecule is O=C(CO)OCCOC(=O)c1ccc(C(=O)O)cc1.O=C(CO)OCCOC(=O)c1ccc(C(=O)O)cc1.O=C(CO)OCCOC(=O)c1ccc(C(=O)O)cc1. The zero-order chi connectivity index (χ0) is 42.8. The molecule has 0 aliphatic heterocycles. The summed E-state index contributed by atoms with van der Waals surface area (Å²) in [7, 11) is 0. The molecule has 0 aliphatic rings. The number of aliphatic hydroxyl groups excluding tert-OH is 3. The number of rotatable bonds is 18. The van der Waals surface area contributed by atoms with Gasteiger partial charge in [-0.15, -0.1) is 0 Å². The maximum atomic E-state index is 11.5. The van der Waals surface area contributed by atoms with Gasteiger partial charge in [0, 0.05) is 0 Å². The van der Waals surface area contributed by atoms with E-state index in [-0.39, 0.29) is 73.0 Å². The zero-order valence-corrected chi connectivity index (χ0v) is 29.6. The number of hydrogen-bond donors (Lipinski definition) is 6. The number of ether oxygens (including phenoxy) is 6. The summed E-state index contributed by atoms with van der Waals surface area (Å²) in [6, 6.07) is 15.6. The average molecular weight is 805 g/mol. The molecule has 0 saturated heterocycles. The molecule has 0 unspecified atom stereocenters. The van der Waals surface area contributed by atoms with Gasteiger partial charge in [-0.1, -0.05) is 0 Å². The molecule has 0 aromatic heterocycles. The third kappa shape index (κ3) is 19.6. The molecule has 21 heteroatoms. The molecule has 0 amide bonds. The molecule has 0 bridgehead atoms. The van der Waals surface area contributed by atoms with Gasteiger partial charge < -0.3 is 59.1 Å². The smallest absolute Gasteiger partial charge is 0.338 e. The van der Waals surface area contributed by atoms with Crippen LogP contribution in [-0.2, 0) is 42.8 Å². The molecule has 21 nitrogen and oxygen atoms in total. The van der Waals surface area contributed by atoms with E-state index in [0.29, 0.717) is 0 Å². The van der Waals surface area contributed by atoms with Crippen LogP contribution in [0.5, 0.6) is 0 Å². The predicted octanol–water partition coefficient (Wildman–Crippen LogP) is 0.231. The first-order valence-electron chi connectivity index (χ1n) is 15.9. The summed E-state index contributed by atoms with van der Waals surface area (Å²) in [6.45, 7) is -3.10. The minimum Gasteiger partial charge on any atom is -0.478 e. The standard InChI is InChI=1S/3C12H12O7/c3*13-7-10(14)18-5-6-19-12(17)9-3-1-8(2-4-9)11(15)16/h3*1-4,13H,5-7H2,(H,15,16). The molecule has 6 N–H and O–H groups in total. The minimum absolute atomic E-state index is 0.0634. The summed E-state index contributed by atoms with van der Waals surface area (Å²) in [6.07, 6.45) is 0. The normalized spacial score (nSPS) is 9.74. The largest absolute Gasteiger partial charge is 0.478 e. The highest BCUT2D eigenvalue weighted by Crippen LogP contribution is 2.08. The van der Waals surface area contributed by atoms with Crippen molar-refractivity contribution in [2.75, 3.05) is 59.5 Å². The minimum atomic E-state index is -1.09. The first-order chi connectivity index (χ1) is 27.1. The Kier molecular flexibility index (Phi) is 22.2. The summed E-state index contributed by atoms with van der Waals surface area (Å²) in [5, 5.41) is 51.1. The lowest BCUT2D eigenvalue weighted by Gasteiger charge is -2.05. The van der Waals surface area contributed by atoms with Gasteiger partial charge in [0.05, 0.1) is 33.4 Å². The molecule has 0 aliphatic carbocycles. The van der Waals surface area contributed by atoms with Crippen molar-refractivity contribution in [1.82, 2.24) is 0 Å². The van der Waals surface area contributed by atoms with Gasteiger partial charge in [0.25, 0.3) is 0 Å². The fourth-order valence-corrected chi connectivity index (χ4v) is 3.50. The second kappa shape index (κ2) is 26.5. The Balaban J connectivity index is 0.000000427. The summed E-state index contributed by atoms with van der Waals surface area (Å²) >= 11 is 0. The topological polar surface area (TPSA) is 330 Å². The Morgan fingerprint density at radius 2 is 0.491 bits per heavy atom. The highest BCUT2D eigenvalue weighted by molar-refractivity contribution is 5.94. The van der Waals surface area contributed by atoms with Gasteiger partial charge in [0.2, 0.25) is 0 Å². The molecule has 0 heterocycles. The highest BCUT2D eigenvalue weighted by Gasteiger charge is 2.12. The Morgan fingerprint density at radius 3 is 0.667 bits per heavy atom. The van der Waals surface area contributed by atoms with E-state index >= 15 is 0 Å². The first-order valence-corrected chi connectivity index (χ1v) is 15.9. The van der Waals surface area contributed by atoms with Crippen molar-refractivity contribution in [3.8, 4) is 0 Å². The van der Waals surface area contributed by atoms with Crippen LogP contribution in [0, 0.1) is 0 Å². The van der Waals surface area contributed by atoms with Crippen LogP contribution in [0.4, 0.5) is 0 Å². The van der Waals surface area contributed by atoms with Crippen molar-refractivity contribution in [3.05, 3.63) is 106 Å². The van der Waals surface area contributed by atoms with Gasteiger partial charge in [-0.3, -0.25) is 0 Å². The highest BCUT2D eigenvalue weighted by atomic mass is 16.6. The van der Waals surface area contributed by atoms with Crippen LogP contribution in [0.3, 0.4) is 0 Å². The van der Waals surface area contributed by atoms with Gasteiger partial charge in [-0.25, -0.2) is 43.2 Å². The molecule has 0 radical (unpaired) electrons. The van der Waals surface area contributed by atoms with E-state index in [9.17, 15) is 43.2 Å². The molecule has 0 atom stereocenters. The van der Waals surface area contributed by atoms with Crippen molar-refractivity contribution in [3.63, 3.8) is 0 Å². The molecule has 0 saturated carbocycles. The van der Waals surface area contributed by atoms with E-state index in [1.165, 1.54) is 72.8 Å². The second-order valence-electron chi connectivity index (χ2n) is 10.2. The molecule has 3 rings (SSSR count). The third-order valence-electron chi connectivity index (χ3n) is 6.23. The van der Waals surface area contributed by atoms with Crippen LogP contribution in [0.2, 0.25) is 0 Å². The van der Waals surface area contributed by atoms with E-state index < -0.39 is 73.5 Å². The number of esters is 6. The number of hydrogen-bond acceptors (Lipinski definition) is 18. The fourth-order valence-electron chi connectivity index (χ4n) is 3.50. The van der Waals surface area contributed by atoms with Crippen molar-refractivity contribution < 1.29 is 102 Å². The van der Waals surface area contributed by atoms with Gasteiger partial charge >= 0.3 is 53.7 Å². The summed E-state index contributed by atoms with van der Waals surface area (Å²) < 4.78 is 27.8. The monoisotopic (exact) mass is 804 g/mol. The molecule has 306 valence electrons. The Hall–Kier alpha value is -7.23. The third-order valence-corrected chi connectivity index (χ3v) is 6.23. The molecule has 57 heavy (non-hydrogen) atoms. The van der Waals surface area contributed by atoms with Gasteiger partial charge in [-0.05, 0) is 72.8 Å². The van der Waals surface area contributed by atoms with Gasteiger partial charge in [-0.2, -0.15) is 0 Å². The van der Waals surface area contributed by atoms with Crippen LogP contribution >= 0.6 is 0 Å². The number of aromatic carboxylic acids is 3. The van der Waals surface area contributed by atoms with E-state index in [1.54, 1.807) is 0 Å². The van der Waals surface area contributed by atoms with Crippen LogP contribution in [0.15, 0.2) is 72.8 Å². The maximum Gasteiger partial charge on any atom is 0.338 e. The van der Waals surface area contributed by atoms with Crippen LogP contribution in [0.25, 0.3) is 0 Å². The molecule has 3 aromatic rings. The number of benzene rings is 3. The molecule has 3 aromatic carbocycles. The predicted molar refractivity (Wildman–Crippen MR) is 185 cm³/mol. The van der Waals surface area contributed by atoms with Crippen LogP contribution in [-0.4, -0.2) is 144 Å². The first kappa shape index (κ1) is 47.8. The Bertz CT molecular complexity index is 1600.